The number of carbonyl (C=O) groups is 1. The van der Waals surface area contributed by atoms with E-state index in [1.165, 1.54) is 12.0 Å². The number of benzene rings is 2. The molecule has 0 unspecified atom stereocenters. The average molecular weight is 400 g/mol. The van der Waals surface area contributed by atoms with Gasteiger partial charge in [0.1, 0.15) is 0 Å². The number of hydrogen-bond donors (Lipinski definition) is 2. The Bertz CT molecular complexity index is 855. The summed E-state index contributed by atoms with van der Waals surface area (Å²) in [5, 5.41) is 3.40. The Balaban J connectivity index is 1.83. The monoisotopic (exact) mass is 399 g/mol. The zero-order valence-corrected chi connectivity index (χ0v) is 17.9. The van der Waals surface area contributed by atoms with Crippen LogP contribution in [0.3, 0.4) is 0 Å². The predicted octanol–water partition coefficient (Wildman–Crippen LogP) is 5.85. The zero-order chi connectivity index (χ0) is 20.5. The number of carbonyl (C=O) groups excluding carboxylic acids is 1. The number of rotatable bonds is 3. The summed E-state index contributed by atoms with van der Waals surface area (Å²) >= 11 is 6.38. The van der Waals surface area contributed by atoms with E-state index in [-0.39, 0.29) is 11.3 Å². The highest BCUT2D eigenvalue weighted by Crippen LogP contribution is 2.36. The van der Waals surface area contributed by atoms with Crippen LogP contribution in [0.5, 0.6) is 0 Å². The summed E-state index contributed by atoms with van der Waals surface area (Å²) in [7, 11) is 0. The van der Waals surface area contributed by atoms with Crippen molar-refractivity contribution in [2.24, 2.45) is 0 Å². The third-order valence-corrected chi connectivity index (χ3v) is 5.80. The van der Waals surface area contributed by atoms with Crippen LogP contribution in [0.4, 0.5) is 17.1 Å². The normalized spacial score (nSPS) is 17.5. The van der Waals surface area contributed by atoms with Gasteiger partial charge in [0.05, 0.1) is 22.1 Å². The number of halogens is 1. The van der Waals surface area contributed by atoms with Crippen LogP contribution in [0.2, 0.25) is 5.02 Å². The molecule has 1 amide bonds. The summed E-state index contributed by atoms with van der Waals surface area (Å²) in [4.78, 5) is 15.1. The van der Waals surface area contributed by atoms with Gasteiger partial charge in [0, 0.05) is 18.2 Å². The fourth-order valence-electron chi connectivity index (χ4n) is 3.69. The molecule has 28 heavy (non-hydrogen) atoms. The van der Waals surface area contributed by atoms with E-state index in [4.69, 9.17) is 17.3 Å². The molecule has 5 heteroatoms. The minimum atomic E-state index is -0.176. The molecule has 1 heterocycles. The summed E-state index contributed by atoms with van der Waals surface area (Å²) in [6, 6.07) is 11.8. The lowest BCUT2D eigenvalue weighted by Gasteiger charge is -2.36. The van der Waals surface area contributed by atoms with Gasteiger partial charge in [0.25, 0.3) is 5.91 Å². The number of hydrogen-bond acceptors (Lipinski definition) is 3. The topological polar surface area (TPSA) is 58.4 Å². The van der Waals surface area contributed by atoms with Gasteiger partial charge in [0.2, 0.25) is 0 Å². The highest BCUT2D eigenvalue weighted by atomic mass is 35.5. The van der Waals surface area contributed by atoms with Crippen molar-refractivity contribution in [3.05, 3.63) is 52.5 Å². The van der Waals surface area contributed by atoms with Crippen LogP contribution >= 0.6 is 11.6 Å². The molecule has 0 bridgehead atoms. The zero-order valence-electron chi connectivity index (χ0n) is 17.2. The first-order valence-corrected chi connectivity index (χ1v) is 10.3. The molecule has 1 atom stereocenters. The first-order valence-electron chi connectivity index (χ1n) is 9.94. The number of nitrogen functional groups attached to an aromatic ring is 1. The molecule has 1 aliphatic rings. The minimum absolute atomic E-state index is 0.0509. The van der Waals surface area contributed by atoms with Crippen LogP contribution in [-0.4, -0.2) is 18.5 Å². The van der Waals surface area contributed by atoms with Crippen LogP contribution in [0.15, 0.2) is 36.4 Å². The van der Waals surface area contributed by atoms with Gasteiger partial charge in [0.15, 0.2) is 0 Å². The summed E-state index contributed by atoms with van der Waals surface area (Å²) < 4.78 is 0. The molecule has 0 aliphatic carbocycles. The summed E-state index contributed by atoms with van der Waals surface area (Å²) in [6.07, 6.45) is 3.53. The van der Waals surface area contributed by atoms with E-state index in [2.05, 4.69) is 37.9 Å². The van der Waals surface area contributed by atoms with Gasteiger partial charge >= 0.3 is 0 Å². The van der Waals surface area contributed by atoms with E-state index in [0.29, 0.717) is 28.0 Å². The van der Waals surface area contributed by atoms with E-state index in [0.717, 1.165) is 25.1 Å². The van der Waals surface area contributed by atoms with Crippen molar-refractivity contribution in [2.75, 3.05) is 22.5 Å². The van der Waals surface area contributed by atoms with Gasteiger partial charge in [-0.2, -0.15) is 0 Å². The second kappa shape index (κ2) is 8.04. The van der Waals surface area contributed by atoms with E-state index in [1.807, 2.05) is 30.3 Å². The molecule has 150 valence electrons. The van der Waals surface area contributed by atoms with Crippen molar-refractivity contribution in [3.8, 4) is 0 Å². The van der Waals surface area contributed by atoms with Crippen LogP contribution in [0.25, 0.3) is 0 Å². The van der Waals surface area contributed by atoms with Crippen LogP contribution in [0, 0.1) is 0 Å². The Morgan fingerprint density at radius 1 is 1.18 bits per heavy atom. The van der Waals surface area contributed by atoms with Gasteiger partial charge in [-0.15, -0.1) is 0 Å². The highest BCUT2D eigenvalue weighted by Gasteiger charge is 2.22. The van der Waals surface area contributed by atoms with E-state index >= 15 is 0 Å². The van der Waals surface area contributed by atoms with Crippen LogP contribution in [0.1, 0.15) is 62.9 Å². The molecule has 0 saturated carbocycles. The Hall–Kier alpha value is -2.20. The standard InChI is InChI=1S/C23H30ClN3O/c1-15-7-5-6-12-27(15)21-14-20(18(24)13-19(21)25)26-22(28)16-8-10-17(11-9-16)23(2,3)4/h8-11,13-15H,5-7,12,25H2,1-4H3,(H,26,28)/t15-/m0/s1. The van der Waals surface area contributed by atoms with Crippen molar-refractivity contribution in [2.45, 2.75) is 58.4 Å². The second-order valence-corrected chi connectivity index (χ2v) is 9.12. The molecule has 2 aromatic rings. The first-order chi connectivity index (χ1) is 13.2. The Morgan fingerprint density at radius 2 is 1.86 bits per heavy atom. The van der Waals surface area contributed by atoms with Crippen molar-refractivity contribution in [1.29, 1.82) is 0 Å². The maximum atomic E-state index is 12.7. The first kappa shape index (κ1) is 20.5. The number of piperidine rings is 1. The van der Waals surface area contributed by atoms with E-state index in [9.17, 15) is 4.79 Å². The Labute approximate surface area is 173 Å². The summed E-state index contributed by atoms with van der Waals surface area (Å²) in [5.41, 5.74) is 10.3. The predicted molar refractivity (Wildman–Crippen MR) is 120 cm³/mol. The lowest BCUT2D eigenvalue weighted by atomic mass is 9.87. The number of nitrogens with one attached hydrogen (secondary N) is 1. The molecule has 2 aromatic carbocycles. The van der Waals surface area contributed by atoms with Crippen molar-refractivity contribution < 1.29 is 4.79 Å². The molecule has 4 nitrogen and oxygen atoms in total. The third kappa shape index (κ3) is 4.44. The molecular weight excluding hydrogens is 370 g/mol. The van der Waals surface area contributed by atoms with Crippen LogP contribution in [-0.2, 0) is 5.41 Å². The summed E-state index contributed by atoms with van der Waals surface area (Å²) in [6.45, 7) is 9.63. The number of nitrogens with zero attached hydrogens (tertiary/aromatic N) is 1. The highest BCUT2D eigenvalue weighted by molar-refractivity contribution is 6.34. The van der Waals surface area contributed by atoms with Crippen LogP contribution < -0.4 is 16.0 Å². The van der Waals surface area contributed by atoms with Crippen molar-refractivity contribution in [3.63, 3.8) is 0 Å². The van der Waals surface area contributed by atoms with E-state index < -0.39 is 0 Å². The fraction of sp³-hybridized carbons (Fsp3) is 0.435. The second-order valence-electron chi connectivity index (χ2n) is 8.71. The molecule has 3 rings (SSSR count). The SMILES string of the molecule is C[C@H]1CCCCN1c1cc(NC(=O)c2ccc(C(C)(C)C)cc2)c(Cl)cc1N. The molecular formula is C23H30ClN3O. The van der Waals surface area contributed by atoms with E-state index in [1.54, 1.807) is 6.07 Å². The maximum absolute atomic E-state index is 12.7. The molecule has 0 spiro atoms. The van der Waals surface area contributed by atoms with Crippen molar-refractivity contribution in [1.82, 2.24) is 0 Å². The average Bonchev–Trinajstić information content (AvgIpc) is 2.64. The molecule has 1 saturated heterocycles. The van der Waals surface area contributed by atoms with Gasteiger partial charge < -0.3 is 16.0 Å². The summed E-state index contributed by atoms with van der Waals surface area (Å²) in [5.74, 6) is -0.176. The lowest BCUT2D eigenvalue weighted by molar-refractivity contribution is 0.102. The molecule has 1 fully saturated rings. The molecule has 0 radical (unpaired) electrons. The maximum Gasteiger partial charge on any atom is 0.255 e. The minimum Gasteiger partial charge on any atom is -0.397 e. The quantitative estimate of drug-likeness (QED) is 0.636. The Kier molecular flexibility index (Phi) is 5.90. The lowest BCUT2D eigenvalue weighted by Crippen LogP contribution is -2.37. The molecule has 0 aromatic heterocycles. The van der Waals surface area contributed by atoms with Gasteiger partial charge in [-0.3, -0.25) is 4.79 Å². The third-order valence-electron chi connectivity index (χ3n) is 5.49. The van der Waals surface area contributed by atoms with Gasteiger partial charge in [-0.25, -0.2) is 0 Å². The van der Waals surface area contributed by atoms with Crippen molar-refractivity contribution >= 4 is 34.6 Å². The molecule has 1 aliphatic heterocycles. The number of nitrogens with two attached hydrogens (primary N) is 1. The Morgan fingerprint density at radius 3 is 2.46 bits per heavy atom. The largest absolute Gasteiger partial charge is 0.397 e. The smallest absolute Gasteiger partial charge is 0.255 e. The molecule has 3 N–H and O–H groups in total. The van der Waals surface area contributed by atoms with Gasteiger partial charge in [-0.1, -0.05) is 44.5 Å². The fourth-order valence-corrected chi connectivity index (χ4v) is 3.91. The van der Waals surface area contributed by atoms with Gasteiger partial charge in [-0.05, 0) is 61.4 Å². The number of anilines is 3. The number of amides is 1.